The van der Waals surface area contributed by atoms with Crippen molar-refractivity contribution in [2.24, 2.45) is 0 Å². The van der Waals surface area contributed by atoms with Crippen molar-refractivity contribution in [1.29, 1.82) is 0 Å². The maximum Gasteiger partial charge on any atom is 0.252 e. The van der Waals surface area contributed by atoms with Crippen LogP contribution in [0.25, 0.3) is 17.9 Å². The van der Waals surface area contributed by atoms with Gasteiger partial charge in [0.2, 0.25) is 0 Å². The van der Waals surface area contributed by atoms with Crippen molar-refractivity contribution in [2.75, 3.05) is 0 Å². The number of hydrogen-bond acceptors (Lipinski definition) is 3. The number of benzene rings is 1. The van der Waals surface area contributed by atoms with Crippen LogP contribution in [0.2, 0.25) is 0 Å². The van der Waals surface area contributed by atoms with Crippen LogP contribution in [0.3, 0.4) is 0 Å². The van der Waals surface area contributed by atoms with Crippen LogP contribution in [-0.2, 0) is 0 Å². The zero-order chi connectivity index (χ0) is 11.5. The quantitative estimate of drug-likeness (QED) is 0.668. The third kappa shape index (κ3) is 2.06. The summed E-state index contributed by atoms with van der Waals surface area (Å²) < 4.78 is 1.66. The van der Waals surface area contributed by atoms with E-state index in [1.165, 1.54) is 0 Å². The van der Waals surface area contributed by atoms with Gasteiger partial charge in [0.05, 0.1) is 0 Å². The highest BCUT2D eigenvalue weighted by atomic mass is 15.3. The van der Waals surface area contributed by atoms with Crippen molar-refractivity contribution >= 4 is 17.9 Å². The van der Waals surface area contributed by atoms with Crippen molar-refractivity contribution in [1.82, 2.24) is 19.6 Å². The van der Waals surface area contributed by atoms with E-state index in [1.54, 1.807) is 10.7 Å². The molecule has 0 aliphatic rings. The lowest BCUT2D eigenvalue weighted by Crippen LogP contribution is -1.86. The van der Waals surface area contributed by atoms with Gasteiger partial charge in [-0.25, -0.2) is 9.50 Å². The smallest absolute Gasteiger partial charge is 0.220 e. The molecule has 0 atom stereocenters. The van der Waals surface area contributed by atoms with Crippen LogP contribution in [0.5, 0.6) is 0 Å². The molecule has 0 radical (unpaired) electrons. The fourth-order valence-corrected chi connectivity index (χ4v) is 1.55. The van der Waals surface area contributed by atoms with Gasteiger partial charge in [-0.3, -0.25) is 0 Å². The Labute approximate surface area is 98.3 Å². The Morgan fingerprint density at radius 2 is 1.88 bits per heavy atom. The average molecular weight is 222 g/mol. The van der Waals surface area contributed by atoms with Gasteiger partial charge in [0.1, 0.15) is 0 Å². The van der Waals surface area contributed by atoms with Gasteiger partial charge < -0.3 is 0 Å². The molecule has 0 aliphatic heterocycles. The number of hydrogen-bond donors (Lipinski definition) is 0. The highest BCUT2D eigenvalue weighted by molar-refractivity contribution is 5.66. The Kier molecular flexibility index (Phi) is 2.38. The molecule has 0 fully saturated rings. The fourth-order valence-electron chi connectivity index (χ4n) is 1.55. The largest absolute Gasteiger partial charge is 0.252 e. The average Bonchev–Trinajstić information content (AvgIpc) is 2.80. The second-order valence-corrected chi connectivity index (χ2v) is 3.58. The van der Waals surface area contributed by atoms with Crippen LogP contribution < -0.4 is 0 Å². The molecule has 82 valence electrons. The van der Waals surface area contributed by atoms with E-state index < -0.39 is 0 Å². The molecular formula is C13H10N4. The molecule has 0 spiro atoms. The number of rotatable bonds is 2. The molecule has 0 N–H and O–H groups in total. The molecule has 0 bridgehead atoms. The van der Waals surface area contributed by atoms with Crippen molar-refractivity contribution in [3.8, 4) is 0 Å². The summed E-state index contributed by atoms with van der Waals surface area (Å²) in [5.74, 6) is 1.27. The Morgan fingerprint density at radius 3 is 2.71 bits per heavy atom. The molecule has 0 amide bonds. The summed E-state index contributed by atoms with van der Waals surface area (Å²) in [6.07, 6.45) is 7.39. The SMILES string of the molecule is C(=C/c1nc2ncccn2n1)/c1ccccc1. The maximum absolute atomic E-state index is 4.28. The van der Waals surface area contributed by atoms with Crippen LogP contribution in [0.15, 0.2) is 48.8 Å². The second-order valence-electron chi connectivity index (χ2n) is 3.58. The van der Waals surface area contributed by atoms with Crippen molar-refractivity contribution in [2.45, 2.75) is 0 Å². The monoisotopic (exact) mass is 222 g/mol. The summed E-state index contributed by atoms with van der Waals surface area (Å²) in [6.45, 7) is 0. The third-order valence-corrected chi connectivity index (χ3v) is 2.36. The Morgan fingerprint density at radius 1 is 1.00 bits per heavy atom. The van der Waals surface area contributed by atoms with E-state index in [4.69, 9.17) is 0 Å². The number of nitrogens with zero attached hydrogens (tertiary/aromatic N) is 4. The predicted octanol–water partition coefficient (Wildman–Crippen LogP) is 2.29. The van der Waals surface area contributed by atoms with Crippen LogP contribution in [-0.4, -0.2) is 19.6 Å². The van der Waals surface area contributed by atoms with Crippen LogP contribution in [0.1, 0.15) is 11.4 Å². The number of fused-ring (bicyclic) bond motifs is 1. The lowest BCUT2D eigenvalue weighted by atomic mass is 10.2. The van der Waals surface area contributed by atoms with E-state index >= 15 is 0 Å². The minimum atomic E-state index is 0.611. The zero-order valence-electron chi connectivity index (χ0n) is 9.06. The summed E-state index contributed by atoms with van der Waals surface area (Å²) in [5, 5.41) is 4.28. The second kappa shape index (κ2) is 4.17. The minimum absolute atomic E-state index is 0.611. The molecule has 4 nitrogen and oxygen atoms in total. The standard InChI is InChI=1S/C13H10N4/c1-2-5-11(6-3-1)7-8-12-15-13-14-9-4-10-17(13)16-12/h1-10H/b8-7-. The van der Waals surface area contributed by atoms with Gasteiger partial charge in [0.25, 0.3) is 5.78 Å². The first kappa shape index (κ1) is 9.72. The molecule has 1 aromatic carbocycles. The summed E-state index contributed by atoms with van der Waals surface area (Å²) in [6, 6.07) is 11.9. The highest BCUT2D eigenvalue weighted by Crippen LogP contribution is 2.05. The van der Waals surface area contributed by atoms with Gasteiger partial charge in [0, 0.05) is 12.4 Å². The van der Waals surface area contributed by atoms with Crippen molar-refractivity contribution in [3.63, 3.8) is 0 Å². The fraction of sp³-hybridized carbons (Fsp3) is 0. The predicted molar refractivity (Wildman–Crippen MR) is 66.2 cm³/mol. The van der Waals surface area contributed by atoms with E-state index in [-0.39, 0.29) is 0 Å². The molecule has 17 heavy (non-hydrogen) atoms. The van der Waals surface area contributed by atoms with Gasteiger partial charge in [-0.1, -0.05) is 36.4 Å². The molecule has 2 heterocycles. The topological polar surface area (TPSA) is 43.1 Å². The molecule has 2 aromatic heterocycles. The Bertz CT molecular complexity index is 622. The minimum Gasteiger partial charge on any atom is -0.220 e. The number of aromatic nitrogens is 4. The van der Waals surface area contributed by atoms with E-state index in [1.807, 2.05) is 54.7 Å². The first-order valence-corrected chi connectivity index (χ1v) is 5.32. The zero-order valence-corrected chi connectivity index (χ0v) is 9.06. The molecule has 4 heteroatoms. The summed E-state index contributed by atoms with van der Waals surface area (Å²) in [5.41, 5.74) is 1.12. The first-order chi connectivity index (χ1) is 8.42. The molecular weight excluding hydrogens is 212 g/mol. The molecule has 3 rings (SSSR count). The van der Waals surface area contributed by atoms with E-state index in [9.17, 15) is 0 Å². The summed E-state index contributed by atoms with van der Waals surface area (Å²) in [4.78, 5) is 8.39. The van der Waals surface area contributed by atoms with Crippen molar-refractivity contribution in [3.05, 3.63) is 60.2 Å². The van der Waals surface area contributed by atoms with Crippen LogP contribution in [0, 0.1) is 0 Å². The molecule has 0 saturated carbocycles. The van der Waals surface area contributed by atoms with Crippen molar-refractivity contribution < 1.29 is 0 Å². The summed E-state index contributed by atoms with van der Waals surface area (Å²) in [7, 11) is 0. The lowest BCUT2D eigenvalue weighted by molar-refractivity contribution is 0.933. The van der Waals surface area contributed by atoms with Gasteiger partial charge in [-0.15, -0.1) is 5.10 Å². The van der Waals surface area contributed by atoms with Gasteiger partial charge in [-0.05, 0) is 17.7 Å². The third-order valence-electron chi connectivity index (χ3n) is 2.36. The first-order valence-electron chi connectivity index (χ1n) is 5.32. The van der Waals surface area contributed by atoms with Crippen LogP contribution in [0.4, 0.5) is 0 Å². The molecule has 3 aromatic rings. The normalized spacial score (nSPS) is 11.3. The van der Waals surface area contributed by atoms with E-state index in [0.29, 0.717) is 11.6 Å². The Balaban J connectivity index is 1.92. The van der Waals surface area contributed by atoms with E-state index in [2.05, 4.69) is 15.1 Å². The molecule has 0 unspecified atom stereocenters. The van der Waals surface area contributed by atoms with E-state index in [0.717, 1.165) is 5.56 Å². The Hall–Kier alpha value is -2.49. The maximum atomic E-state index is 4.28. The van der Waals surface area contributed by atoms with Crippen LogP contribution >= 0.6 is 0 Å². The molecule has 0 saturated heterocycles. The highest BCUT2D eigenvalue weighted by Gasteiger charge is 1.99. The summed E-state index contributed by atoms with van der Waals surface area (Å²) >= 11 is 0. The van der Waals surface area contributed by atoms with Gasteiger partial charge >= 0.3 is 0 Å². The van der Waals surface area contributed by atoms with Gasteiger partial charge in [-0.2, -0.15) is 4.98 Å². The van der Waals surface area contributed by atoms with Gasteiger partial charge in [0.15, 0.2) is 5.82 Å². The lowest BCUT2D eigenvalue weighted by Gasteiger charge is -1.88. The molecule has 0 aliphatic carbocycles.